The van der Waals surface area contributed by atoms with Crippen molar-refractivity contribution in [2.75, 3.05) is 6.54 Å². The SMILES string of the molecule is O=C1C=C(c2ccc(Cl)cc2)NCC1. The first-order valence-corrected chi connectivity index (χ1v) is 4.88. The summed E-state index contributed by atoms with van der Waals surface area (Å²) >= 11 is 5.77. The Morgan fingerprint density at radius 3 is 2.57 bits per heavy atom. The first-order valence-electron chi connectivity index (χ1n) is 4.50. The molecule has 1 aromatic carbocycles. The van der Waals surface area contributed by atoms with Crippen molar-refractivity contribution in [1.29, 1.82) is 0 Å². The molecule has 3 heteroatoms. The third kappa shape index (κ3) is 1.96. The summed E-state index contributed by atoms with van der Waals surface area (Å²) in [6.45, 7) is 0.716. The molecule has 0 unspecified atom stereocenters. The summed E-state index contributed by atoms with van der Waals surface area (Å²) in [5, 5.41) is 3.89. The van der Waals surface area contributed by atoms with E-state index in [9.17, 15) is 4.79 Å². The van der Waals surface area contributed by atoms with Crippen LogP contribution >= 0.6 is 11.6 Å². The van der Waals surface area contributed by atoms with Crippen molar-refractivity contribution >= 4 is 23.1 Å². The van der Waals surface area contributed by atoms with Crippen LogP contribution in [0.5, 0.6) is 0 Å². The van der Waals surface area contributed by atoms with E-state index in [-0.39, 0.29) is 5.78 Å². The van der Waals surface area contributed by atoms with E-state index in [2.05, 4.69) is 5.32 Å². The van der Waals surface area contributed by atoms with E-state index in [0.29, 0.717) is 18.0 Å². The Hall–Kier alpha value is -1.28. The fourth-order valence-corrected chi connectivity index (χ4v) is 1.55. The molecule has 1 heterocycles. The highest BCUT2D eigenvalue weighted by Gasteiger charge is 2.09. The van der Waals surface area contributed by atoms with Gasteiger partial charge in [0.25, 0.3) is 0 Å². The number of rotatable bonds is 1. The zero-order valence-electron chi connectivity index (χ0n) is 7.59. The zero-order chi connectivity index (χ0) is 9.97. The number of nitrogens with one attached hydrogen (secondary N) is 1. The lowest BCUT2D eigenvalue weighted by Crippen LogP contribution is -2.22. The van der Waals surface area contributed by atoms with Gasteiger partial charge >= 0.3 is 0 Å². The maximum absolute atomic E-state index is 11.2. The first kappa shape index (κ1) is 9.28. The van der Waals surface area contributed by atoms with E-state index < -0.39 is 0 Å². The van der Waals surface area contributed by atoms with E-state index in [1.54, 1.807) is 6.08 Å². The van der Waals surface area contributed by atoms with Crippen LogP contribution in [0.1, 0.15) is 12.0 Å². The highest BCUT2D eigenvalue weighted by Crippen LogP contribution is 2.17. The van der Waals surface area contributed by atoms with Crippen molar-refractivity contribution in [3.8, 4) is 0 Å². The lowest BCUT2D eigenvalue weighted by atomic mass is 10.1. The van der Waals surface area contributed by atoms with Crippen LogP contribution in [0.3, 0.4) is 0 Å². The van der Waals surface area contributed by atoms with Gasteiger partial charge in [-0.05, 0) is 17.7 Å². The maximum atomic E-state index is 11.2. The third-order valence-electron chi connectivity index (χ3n) is 2.15. The molecule has 0 atom stereocenters. The number of halogens is 1. The Bertz CT molecular complexity index is 381. The number of carbonyl (C=O) groups excluding carboxylic acids is 1. The van der Waals surface area contributed by atoms with Gasteiger partial charge < -0.3 is 5.32 Å². The van der Waals surface area contributed by atoms with Crippen molar-refractivity contribution in [3.63, 3.8) is 0 Å². The number of carbonyl (C=O) groups is 1. The molecule has 0 spiro atoms. The topological polar surface area (TPSA) is 29.1 Å². The molecule has 0 fully saturated rings. The highest BCUT2D eigenvalue weighted by atomic mass is 35.5. The molecule has 2 rings (SSSR count). The van der Waals surface area contributed by atoms with Crippen molar-refractivity contribution in [1.82, 2.24) is 5.32 Å². The summed E-state index contributed by atoms with van der Waals surface area (Å²) in [5.74, 6) is 0.175. The average Bonchev–Trinajstić information content (AvgIpc) is 2.19. The minimum Gasteiger partial charge on any atom is -0.384 e. The maximum Gasteiger partial charge on any atom is 0.159 e. The van der Waals surface area contributed by atoms with Crippen LogP contribution in [0.2, 0.25) is 5.02 Å². The second kappa shape index (κ2) is 3.84. The molecule has 2 nitrogen and oxygen atoms in total. The monoisotopic (exact) mass is 207 g/mol. The van der Waals surface area contributed by atoms with E-state index in [4.69, 9.17) is 11.6 Å². The van der Waals surface area contributed by atoms with Crippen LogP contribution in [0.15, 0.2) is 30.3 Å². The molecule has 1 N–H and O–H groups in total. The molecular formula is C11H10ClNO. The standard InChI is InChI=1S/C11H10ClNO/c12-9-3-1-8(2-4-9)11-7-10(14)5-6-13-11/h1-4,7,13H,5-6H2. The van der Waals surface area contributed by atoms with Crippen LogP contribution in [-0.4, -0.2) is 12.3 Å². The Kier molecular flexibility index (Phi) is 2.55. The Morgan fingerprint density at radius 2 is 1.93 bits per heavy atom. The van der Waals surface area contributed by atoms with E-state index in [0.717, 1.165) is 11.3 Å². The van der Waals surface area contributed by atoms with Crippen molar-refractivity contribution in [2.45, 2.75) is 6.42 Å². The van der Waals surface area contributed by atoms with Gasteiger partial charge in [0.15, 0.2) is 5.78 Å². The lowest BCUT2D eigenvalue weighted by molar-refractivity contribution is -0.114. The molecule has 0 radical (unpaired) electrons. The highest BCUT2D eigenvalue weighted by molar-refractivity contribution is 6.30. The second-order valence-corrected chi connectivity index (χ2v) is 3.64. The van der Waals surface area contributed by atoms with Crippen LogP contribution < -0.4 is 5.32 Å². The van der Waals surface area contributed by atoms with Gasteiger partial charge in [-0.1, -0.05) is 23.7 Å². The van der Waals surface area contributed by atoms with E-state index in [1.807, 2.05) is 24.3 Å². The van der Waals surface area contributed by atoms with Gasteiger partial charge in [0.2, 0.25) is 0 Å². The number of benzene rings is 1. The molecule has 0 aliphatic carbocycles. The molecule has 1 aliphatic heterocycles. The average molecular weight is 208 g/mol. The zero-order valence-corrected chi connectivity index (χ0v) is 8.34. The Balaban J connectivity index is 2.30. The number of hydrogen-bond acceptors (Lipinski definition) is 2. The first-order chi connectivity index (χ1) is 6.75. The summed E-state index contributed by atoms with van der Waals surface area (Å²) in [5.41, 5.74) is 1.89. The molecule has 72 valence electrons. The second-order valence-electron chi connectivity index (χ2n) is 3.21. The van der Waals surface area contributed by atoms with Gasteiger partial charge in [-0.3, -0.25) is 4.79 Å². The minimum absolute atomic E-state index is 0.175. The Labute approximate surface area is 87.6 Å². The van der Waals surface area contributed by atoms with Gasteiger partial charge in [-0.25, -0.2) is 0 Å². The summed E-state index contributed by atoms with van der Waals surface area (Å²) in [6.07, 6.45) is 2.23. The fourth-order valence-electron chi connectivity index (χ4n) is 1.42. The van der Waals surface area contributed by atoms with Crippen molar-refractivity contribution in [3.05, 3.63) is 40.9 Å². The molecule has 1 aromatic rings. The quantitative estimate of drug-likeness (QED) is 0.765. The molecule has 0 saturated carbocycles. The van der Waals surface area contributed by atoms with Gasteiger partial charge in [0.1, 0.15) is 0 Å². The normalized spacial score (nSPS) is 16.1. The summed E-state index contributed by atoms with van der Waals surface area (Å²) in [7, 11) is 0. The number of hydrogen-bond donors (Lipinski definition) is 1. The molecule has 1 aliphatic rings. The summed E-state index contributed by atoms with van der Waals surface area (Å²) < 4.78 is 0. The molecule has 0 saturated heterocycles. The van der Waals surface area contributed by atoms with Crippen LogP contribution in [0.4, 0.5) is 0 Å². The molecule has 0 amide bonds. The minimum atomic E-state index is 0.175. The summed E-state index contributed by atoms with van der Waals surface area (Å²) in [6, 6.07) is 7.44. The lowest BCUT2D eigenvalue weighted by Gasteiger charge is -2.14. The van der Waals surface area contributed by atoms with Crippen LogP contribution in [-0.2, 0) is 4.79 Å². The van der Waals surface area contributed by atoms with E-state index >= 15 is 0 Å². The smallest absolute Gasteiger partial charge is 0.159 e. The molecular weight excluding hydrogens is 198 g/mol. The van der Waals surface area contributed by atoms with Crippen LogP contribution in [0.25, 0.3) is 5.70 Å². The molecule has 14 heavy (non-hydrogen) atoms. The van der Waals surface area contributed by atoms with E-state index in [1.165, 1.54) is 0 Å². The number of allylic oxidation sites excluding steroid dienone is 1. The van der Waals surface area contributed by atoms with Gasteiger partial charge in [0, 0.05) is 29.8 Å². The fraction of sp³-hybridized carbons (Fsp3) is 0.182. The Morgan fingerprint density at radius 1 is 1.21 bits per heavy atom. The molecule has 0 bridgehead atoms. The van der Waals surface area contributed by atoms with Crippen LogP contribution in [0, 0.1) is 0 Å². The van der Waals surface area contributed by atoms with Gasteiger partial charge in [-0.15, -0.1) is 0 Å². The van der Waals surface area contributed by atoms with Gasteiger partial charge in [-0.2, -0.15) is 0 Å². The van der Waals surface area contributed by atoms with Gasteiger partial charge in [0.05, 0.1) is 0 Å². The predicted octanol–water partition coefficient (Wildman–Crippen LogP) is 2.24. The van der Waals surface area contributed by atoms with Crippen molar-refractivity contribution < 1.29 is 4.79 Å². The van der Waals surface area contributed by atoms with Crippen molar-refractivity contribution in [2.24, 2.45) is 0 Å². The summed E-state index contributed by atoms with van der Waals surface area (Å²) in [4.78, 5) is 11.2. The largest absolute Gasteiger partial charge is 0.384 e. The molecule has 0 aromatic heterocycles. The number of ketones is 1. The third-order valence-corrected chi connectivity index (χ3v) is 2.40. The predicted molar refractivity (Wildman–Crippen MR) is 57.1 cm³/mol.